The zero-order valence-corrected chi connectivity index (χ0v) is 16.6. The molecule has 1 aromatic heterocycles. The second-order valence-corrected chi connectivity index (χ2v) is 9.09. The Bertz CT molecular complexity index is 980. The molecule has 2 heterocycles. The van der Waals surface area contributed by atoms with Crippen LogP contribution in [0, 0.1) is 10.6 Å². The van der Waals surface area contributed by atoms with Gasteiger partial charge in [-0.05, 0) is 61.7 Å². The van der Waals surface area contributed by atoms with Crippen molar-refractivity contribution in [2.75, 3.05) is 0 Å². The average Bonchev–Trinajstić information content (AvgIpc) is 3.06. The number of aromatic nitrogens is 2. The minimum atomic E-state index is -0.217. The van der Waals surface area contributed by atoms with Crippen molar-refractivity contribution in [3.63, 3.8) is 0 Å². The third kappa shape index (κ3) is 2.43. The van der Waals surface area contributed by atoms with Crippen LogP contribution >= 0.6 is 28.1 Å². The van der Waals surface area contributed by atoms with E-state index >= 15 is 0 Å². The fourth-order valence-corrected chi connectivity index (χ4v) is 5.24. The number of amides is 1. The largest absolute Gasteiger partial charge is 0.353 e. The summed E-state index contributed by atoms with van der Waals surface area (Å²) >= 11 is 8.93. The molecule has 1 aromatic carbocycles. The average molecular weight is 436 g/mol. The van der Waals surface area contributed by atoms with Crippen molar-refractivity contribution < 1.29 is 9.18 Å². The number of H-pyrrole nitrogens is 1. The number of hydrogen-bond acceptors (Lipinski definition) is 2. The van der Waals surface area contributed by atoms with Gasteiger partial charge in [-0.1, -0.05) is 15.9 Å². The SMILES string of the molecule is O=C(Cc1[nH]c(=S)n2c1[C@@H]1C[C@]1(c1cc(Br)ccc1F)C2)NC1CCC1. The molecule has 0 radical (unpaired) electrons. The number of halogens is 2. The normalized spacial score (nSPS) is 26.2. The number of nitrogens with one attached hydrogen (secondary N) is 2. The predicted octanol–water partition coefficient (Wildman–Crippen LogP) is 4.10. The van der Waals surface area contributed by atoms with Gasteiger partial charge in [0.15, 0.2) is 4.77 Å². The van der Waals surface area contributed by atoms with Crippen LogP contribution in [0.1, 0.15) is 48.6 Å². The van der Waals surface area contributed by atoms with Crippen LogP contribution in [0.5, 0.6) is 0 Å². The second kappa shape index (κ2) is 5.76. The molecule has 0 bridgehead atoms. The molecular weight excluding hydrogens is 417 g/mol. The molecule has 2 N–H and O–H groups in total. The van der Waals surface area contributed by atoms with Gasteiger partial charge in [0.05, 0.1) is 6.42 Å². The lowest BCUT2D eigenvalue weighted by atomic mass is 9.92. The molecule has 0 saturated heterocycles. The van der Waals surface area contributed by atoms with Gasteiger partial charge in [-0.15, -0.1) is 0 Å². The topological polar surface area (TPSA) is 49.8 Å². The Morgan fingerprint density at radius 2 is 2.27 bits per heavy atom. The number of imidazole rings is 1. The summed E-state index contributed by atoms with van der Waals surface area (Å²) in [5, 5.41) is 3.08. The Balaban J connectivity index is 1.44. The summed E-state index contributed by atoms with van der Waals surface area (Å²) in [6.45, 7) is 0.681. The van der Waals surface area contributed by atoms with Crippen molar-refractivity contribution in [1.29, 1.82) is 0 Å². The fraction of sp³-hybridized carbons (Fsp3) is 0.474. The highest BCUT2D eigenvalue weighted by atomic mass is 79.9. The van der Waals surface area contributed by atoms with Gasteiger partial charge >= 0.3 is 0 Å². The Hall–Kier alpha value is -1.47. The van der Waals surface area contributed by atoms with Gasteiger partial charge in [-0.3, -0.25) is 4.79 Å². The number of carbonyl (C=O) groups excluding carboxylic acids is 1. The number of aromatic amines is 1. The first-order valence-corrected chi connectivity index (χ1v) is 10.2. The summed E-state index contributed by atoms with van der Waals surface area (Å²) < 4.78 is 18.1. The van der Waals surface area contributed by atoms with E-state index in [4.69, 9.17) is 12.2 Å². The summed E-state index contributed by atoms with van der Waals surface area (Å²) in [6, 6.07) is 5.46. The van der Waals surface area contributed by atoms with E-state index in [1.54, 1.807) is 6.07 Å². The van der Waals surface area contributed by atoms with E-state index < -0.39 is 0 Å². The highest BCUT2D eigenvalue weighted by molar-refractivity contribution is 9.10. The minimum Gasteiger partial charge on any atom is -0.353 e. The number of carbonyl (C=O) groups is 1. The van der Waals surface area contributed by atoms with Crippen LogP contribution in [0.3, 0.4) is 0 Å². The Morgan fingerprint density at radius 3 is 3.00 bits per heavy atom. The van der Waals surface area contributed by atoms with Crippen LogP contribution in [0.25, 0.3) is 0 Å². The van der Waals surface area contributed by atoms with E-state index in [1.807, 2.05) is 6.07 Å². The van der Waals surface area contributed by atoms with E-state index in [-0.39, 0.29) is 23.1 Å². The van der Waals surface area contributed by atoms with Crippen molar-refractivity contribution >= 4 is 34.1 Å². The molecule has 136 valence electrons. The van der Waals surface area contributed by atoms with Gasteiger partial charge in [-0.25, -0.2) is 4.39 Å². The third-order valence-electron chi connectivity index (χ3n) is 6.22. The van der Waals surface area contributed by atoms with Gasteiger partial charge in [-0.2, -0.15) is 0 Å². The molecule has 2 saturated carbocycles. The van der Waals surface area contributed by atoms with Crippen molar-refractivity contribution in [1.82, 2.24) is 14.9 Å². The number of hydrogen-bond donors (Lipinski definition) is 2. The molecule has 0 unspecified atom stereocenters. The summed E-state index contributed by atoms with van der Waals surface area (Å²) in [4.78, 5) is 15.6. The molecule has 2 fully saturated rings. The zero-order valence-electron chi connectivity index (χ0n) is 14.1. The van der Waals surface area contributed by atoms with Crippen LogP contribution in [-0.4, -0.2) is 21.5 Å². The van der Waals surface area contributed by atoms with Crippen LogP contribution in [0.4, 0.5) is 4.39 Å². The van der Waals surface area contributed by atoms with Crippen molar-refractivity contribution in [3.8, 4) is 0 Å². The lowest BCUT2D eigenvalue weighted by Crippen LogP contribution is -2.40. The molecule has 26 heavy (non-hydrogen) atoms. The van der Waals surface area contributed by atoms with Crippen LogP contribution < -0.4 is 5.32 Å². The Labute approximate surface area is 164 Å². The van der Waals surface area contributed by atoms with Gasteiger partial charge in [0.1, 0.15) is 5.82 Å². The molecule has 3 aliphatic rings. The van der Waals surface area contributed by atoms with Gasteiger partial charge in [0, 0.05) is 39.8 Å². The van der Waals surface area contributed by atoms with E-state index in [0.29, 0.717) is 23.8 Å². The lowest BCUT2D eigenvalue weighted by molar-refractivity contribution is -0.121. The van der Waals surface area contributed by atoms with Gasteiger partial charge in [0.2, 0.25) is 5.91 Å². The second-order valence-electron chi connectivity index (χ2n) is 7.79. The molecule has 4 nitrogen and oxygen atoms in total. The maximum absolute atomic E-state index is 14.5. The molecule has 1 aliphatic heterocycles. The van der Waals surface area contributed by atoms with Crippen molar-refractivity contribution in [2.45, 2.75) is 56.0 Å². The first-order valence-electron chi connectivity index (χ1n) is 9.04. The summed E-state index contributed by atoms with van der Waals surface area (Å²) in [6.07, 6.45) is 4.56. The standard InChI is InChI=1S/C19H19BrFN3OS/c20-10-4-5-14(21)12(6-10)19-8-13(19)17-15(23-18(26)24(17)9-19)7-16(25)22-11-2-1-3-11/h4-6,11,13H,1-3,7-9H2,(H,22,25)(H,23,26)/t13-,19+/m0/s1. The molecular formula is C19H19BrFN3OS. The maximum Gasteiger partial charge on any atom is 0.226 e. The lowest BCUT2D eigenvalue weighted by Gasteiger charge is -2.26. The Morgan fingerprint density at radius 1 is 1.46 bits per heavy atom. The van der Waals surface area contributed by atoms with E-state index in [2.05, 4.69) is 30.8 Å². The quantitative estimate of drug-likeness (QED) is 0.710. The molecule has 1 amide bonds. The first kappa shape index (κ1) is 16.7. The molecule has 2 atom stereocenters. The molecule has 0 spiro atoms. The van der Waals surface area contributed by atoms with E-state index in [9.17, 15) is 9.18 Å². The highest BCUT2D eigenvalue weighted by Gasteiger charge is 2.63. The number of fused-ring (bicyclic) bond motifs is 3. The van der Waals surface area contributed by atoms with Crippen LogP contribution in [-0.2, 0) is 23.2 Å². The molecule has 2 aromatic rings. The molecule has 2 aliphatic carbocycles. The summed E-state index contributed by atoms with van der Waals surface area (Å²) in [5.41, 5.74) is 2.52. The maximum atomic E-state index is 14.5. The first-order chi connectivity index (χ1) is 12.5. The fourth-order valence-electron chi connectivity index (χ4n) is 4.60. The monoisotopic (exact) mass is 435 g/mol. The van der Waals surface area contributed by atoms with E-state index in [0.717, 1.165) is 40.7 Å². The number of nitrogens with zero attached hydrogens (tertiary/aromatic N) is 1. The molecule has 5 rings (SSSR count). The predicted molar refractivity (Wildman–Crippen MR) is 102 cm³/mol. The van der Waals surface area contributed by atoms with Crippen molar-refractivity contribution in [3.05, 3.63) is 50.2 Å². The number of rotatable bonds is 4. The number of benzene rings is 1. The molecule has 7 heteroatoms. The van der Waals surface area contributed by atoms with Crippen LogP contribution in [0.15, 0.2) is 22.7 Å². The summed E-state index contributed by atoms with van der Waals surface area (Å²) in [5.74, 6) is 0.104. The van der Waals surface area contributed by atoms with E-state index in [1.165, 1.54) is 12.5 Å². The third-order valence-corrected chi connectivity index (χ3v) is 7.04. The Kier molecular flexibility index (Phi) is 3.70. The van der Waals surface area contributed by atoms with Gasteiger partial charge in [0.25, 0.3) is 0 Å². The summed E-state index contributed by atoms with van der Waals surface area (Å²) in [7, 11) is 0. The smallest absolute Gasteiger partial charge is 0.226 e. The van der Waals surface area contributed by atoms with Crippen LogP contribution in [0.2, 0.25) is 0 Å². The van der Waals surface area contributed by atoms with Gasteiger partial charge < -0.3 is 14.9 Å². The van der Waals surface area contributed by atoms with Crippen molar-refractivity contribution in [2.24, 2.45) is 0 Å². The highest BCUT2D eigenvalue weighted by Crippen LogP contribution is 2.66. The zero-order chi connectivity index (χ0) is 18.1. The minimum absolute atomic E-state index is 0.0427.